The fraction of sp³-hybridized carbons (Fsp3) is 0.588. The Morgan fingerprint density at radius 3 is 2.86 bits per heavy atom. The average molecular weight is 327 g/mol. The Balaban J connectivity index is 0.00000242. The summed E-state index contributed by atoms with van der Waals surface area (Å²) in [6, 6.07) is 5.76. The molecule has 1 aliphatic rings. The molecule has 0 radical (unpaired) electrons. The lowest BCUT2D eigenvalue weighted by Gasteiger charge is -2.19. The molecule has 1 N–H and O–H groups in total. The van der Waals surface area contributed by atoms with Crippen molar-refractivity contribution < 1.29 is 9.53 Å². The van der Waals surface area contributed by atoms with Gasteiger partial charge in [-0.3, -0.25) is 9.69 Å². The molecule has 5 heteroatoms. The Labute approximate surface area is 139 Å². The third-order valence-corrected chi connectivity index (χ3v) is 4.02. The maximum Gasteiger partial charge on any atom is 0.159 e. The minimum absolute atomic E-state index is 0. The van der Waals surface area contributed by atoms with Crippen LogP contribution in [0.4, 0.5) is 0 Å². The summed E-state index contributed by atoms with van der Waals surface area (Å²) in [5.41, 5.74) is 1.88. The van der Waals surface area contributed by atoms with Gasteiger partial charge in [-0.25, -0.2) is 0 Å². The molecule has 0 saturated carbocycles. The molecule has 0 bridgehead atoms. The Morgan fingerprint density at radius 1 is 1.45 bits per heavy atom. The summed E-state index contributed by atoms with van der Waals surface area (Å²) in [6.45, 7) is 8.40. The zero-order chi connectivity index (χ0) is 15.2. The van der Waals surface area contributed by atoms with Crippen LogP contribution in [0.3, 0.4) is 0 Å². The summed E-state index contributed by atoms with van der Waals surface area (Å²) < 4.78 is 5.71. The van der Waals surface area contributed by atoms with Crippen molar-refractivity contribution in [1.29, 1.82) is 0 Å². The first kappa shape index (κ1) is 18.9. The summed E-state index contributed by atoms with van der Waals surface area (Å²) in [5.74, 6) is 1.73. The first-order valence-corrected chi connectivity index (χ1v) is 7.77. The zero-order valence-corrected chi connectivity index (χ0v) is 14.5. The maximum absolute atomic E-state index is 11.6. The van der Waals surface area contributed by atoms with Gasteiger partial charge in [0.15, 0.2) is 5.78 Å². The van der Waals surface area contributed by atoms with Crippen LogP contribution < -0.4 is 10.1 Å². The Bertz CT molecular complexity index is 494. The first-order chi connectivity index (χ1) is 10.1. The van der Waals surface area contributed by atoms with E-state index in [2.05, 4.69) is 10.2 Å². The van der Waals surface area contributed by atoms with Crippen LogP contribution in [0.1, 0.15) is 36.2 Å². The number of ether oxygens (including phenoxy) is 1. The largest absolute Gasteiger partial charge is 0.494 e. The SMILES string of the molecule is CCOc1ccc(C(C)=O)cc1CN1CCC(CNC)C1.Cl. The van der Waals surface area contributed by atoms with Gasteiger partial charge in [-0.1, -0.05) is 0 Å². The first-order valence-electron chi connectivity index (χ1n) is 7.77. The molecule has 1 atom stereocenters. The monoisotopic (exact) mass is 326 g/mol. The van der Waals surface area contributed by atoms with E-state index in [9.17, 15) is 4.79 Å². The number of likely N-dealkylation sites (tertiary alicyclic amines) is 1. The fourth-order valence-electron chi connectivity index (χ4n) is 2.97. The predicted octanol–water partition coefficient (Wildman–Crippen LogP) is 2.75. The van der Waals surface area contributed by atoms with Crippen LogP contribution in [0.5, 0.6) is 5.75 Å². The molecule has 0 aromatic heterocycles. The number of nitrogens with zero attached hydrogens (tertiary/aromatic N) is 1. The highest BCUT2D eigenvalue weighted by Gasteiger charge is 2.22. The van der Waals surface area contributed by atoms with Gasteiger partial charge in [0, 0.05) is 24.2 Å². The number of rotatable bonds is 7. The number of benzene rings is 1. The van der Waals surface area contributed by atoms with Crippen molar-refractivity contribution in [2.45, 2.75) is 26.8 Å². The molecular weight excluding hydrogens is 300 g/mol. The Kier molecular flexibility index (Phi) is 7.87. The number of hydrogen-bond acceptors (Lipinski definition) is 4. The minimum atomic E-state index is 0. The second-order valence-corrected chi connectivity index (χ2v) is 5.76. The van der Waals surface area contributed by atoms with Crippen LogP contribution in [-0.4, -0.2) is 44.0 Å². The van der Waals surface area contributed by atoms with E-state index in [1.165, 1.54) is 6.42 Å². The Hall–Kier alpha value is -1.10. The molecule has 1 unspecified atom stereocenters. The Morgan fingerprint density at radius 2 is 2.23 bits per heavy atom. The number of ketones is 1. The van der Waals surface area contributed by atoms with Gasteiger partial charge in [0.25, 0.3) is 0 Å². The number of nitrogens with one attached hydrogen (secondary N) is 1. The van der Waals surface area contributed by atoms with Crippen molar-refractivity contribution in [2.24, 2.45) is 5.92 Å². The van der Waals surface area contributed by atoms with Gasteiger partial charge in [-0.2, -0.15) is 0 Å². The van der Waals surface area contributed by atoms with E-state index in [-0.39, 0.29) is 18.2 Å². The lowest BCUT2D eigenvalue weighted by atomic mass is 10.1. The summed E-state index contributed by atoms with van der Waals surface area (Å²) in [7, 11) is 2.01. The fourth-order valence-corrected chi connectivity index (χ4v) is 2.97. The van der Waals surface area contributed by atoms with Crippen LogP contribution in [0.2, 0.25) is 0 Å². The third kappa shape index (κ3) is 4.97. The average Bonchev–Trinajstić information content (AvgIpc) is 2.88. The molecule has 1 heterocycles. The number of carbonyl (C=O) groups excluding carboxylic acids is 1. The van der Waals surface area contributed by atoms with Crippen molar-refractivity contribution in [3.05, 3.63) is 29.3 Å². The van der Waals surface area contributed by atoms with Gasteiger partial charge in [0.1, 0.15) is 5.75 Å². The molecule has 22 heavy (non-hydrogen) atoms. The van der Waals surface area contributed by atoms with Crippen LogP contribution >= 0.6 is 12.4 Å². The maximum atomic E-state index is 11.6. The molecule has 124 valence electrons. The smallest absolute Gasteiger partial charge is 0.159 e. The second kappa shape index (κ2) is 9.13. The third-order valence-electron chi connectivity index (χ3n) is 4.02. The molecule has 1 aromatic rings. The van der Waals surface area contributed by atoms with E-state index in [4.69, 9.17) is 4.74 Å². The van der Waals surface area contributed by atoms with Crippen molar-refractivity contribution in [3.8, 4) is 5.75 Å². The summed E-state index contributed by atoms with van der Waals surface area (Å²) in [5, 5.41) is 3.25. The van der Waals surface area contributed by atoms with Gasteiger partial charge >= 0.3 is 0 Å². The molecule has 1 aliphatic heterocycles. The van der Waals surface area contributed by atoms with Gasteiger partial charge in [-0.15, -0.1) is 12.4 Å². The second-order valence-electron chi connectivity index (χ2n) is 5.76. The molecule has 4 nitrogen and oxygen atoms in total. The lowest BCUT2D eigenvalue weighted by Crippen LogP contribution is -2.24. The van der Waals surface area contributed by atoms with E-state index in [1.54, 1.807) is 6.92 Å². The van der Waals surface area contributed by atoms with E-state index in [0.29, 0.717) is 6.61 Å². The summed E-state index contributed by atoms with van der Waals surface area (Å²) in [4.78, 5) is 14.0. The summed E-state index contributed by atoms with van der Waals surface area (Å²) in [6.07, 6.45) is 1.23. The highest BCUT2D eigenvalue weighted by Crippen LogP contribution is 2.25. The normalized spacial score (nSPS) is 18.0. The molecule has 0 amide bonds. The van der Waals surface area contributed by atoms with Gasteiger partial charge in [0.2, 0.25) is 0 Å². The lowest BCUT2D eigenvalue weighted by molar-refractivity contribution is 0.101. The molecule has 1 fully saturated rings. The molecular formula is C17H27ClN2O2. The van der Waals surface area contributed by atoms with Crippen LogP contribution in [0.25, 0.3) is 0 Å². The molecule has 2 rings (SSSR count). The number of halogens is 1. The summed E-state index contributed by atoms with van der Waals surface area (Å²) >= 11 is 0. The predicted molar refractivity (Wildman–Crippen MR) is 92.2 cm³/mol. The van der Waals surface area contributed by atoms with Crippen molar-refractivity contribution in [1.82, 2.24) is 10.2 Å². The van der Waals surface area contributed by atoms with Gasteiger partial charge in [0.05, 0.1) is 6.61 Å². The van der Waals surface area contributed by atoms with Crippen LogP contribution in [0.15, 0.2) is 18.2 Å². The minimum Gasteiger partial charge on any atom is -0.494 e. The zero-order valence-electron chi connectivity index (χ0n) is 13.7. The standard InChI is InChI=1S/C17H26N2O2.ClH/c1-4-21-17-6-5-15(13(2)20)9-16(17)12-19-8-7-14(11-19)10-18-3;/h5-6,9,14,18H,4,7-8,10-12H2,1-3H3;1H. The number of Topliss-reactive ketones (excluding diaryl/α,β-unsaturated/α-hetero) is 1. The van der Waals surface area contributed by atoms with Crippen molar-refractivity contribution in [3.63, 3.8) is 0 Å². The molecule has 1 aromatic carbocycles. The molecule has 0 spiro atoms. The number of hydrogen-bond donors (Lipinski definition) is 1. The van der Waals surface area contributed by atoms with Crippen LogP contribution in [-0.2, 0) is 6.54 Å². The molecule has 0 aliphatic carbocycles. The topological polar surface area (TPSA) is 41.6 Å². The highest BCUT2D eigenvalue weighted by molar-refractivity contribution is 5.94. The van der Waals surface area contributed by atoms with Gasteiger partial charge < -0.3 is 10.1 Å². The highest BCUT2D eigenvalue weighted by atomic mass is 35.5. The van der Waals surface area contributed by atoms with Crippen molar-refractivity contribution in [2.75, 3.05) is 33.3 Å². The van der Waals surface area contributed by atoms with E-state index >= 15 is 0 Å². The van der Waals surface area contributed by atoms with Gasteiger partial charge in [-0.05, 0) is 64.5 Å². The quantitative estimate of drug-likeness (QED) is 0.782. The van der Waals surface area contributed by atoms with E-state index in [0.717, 1.165) is 49.0 Å². The van der Waals surface area contributed by atoms with E-state index < -0.39 is 0 Å². The van der Waals surface area contributed by atoms with Crippen LogP contribution in [0, 0.1) is 5.92 Å². The van der Waals surface area contributed by atoms with E-state index in [1.807, 2.05) is 32.2 Å². The number of carbonyl (C=O) groups is 1. The molecule has 1 saturated heterocycles. The van der Waals surface area contributed by atoms with Crippen molar-refractivity contribution >= 4 is 18.2 Å².